The summed E-state index contributed by atoms with van der Waals surface area (Å²) in [7, 11) is 0. The molecule has 2 N–H and O–H groups in total. The fraction of sp³-hybridized carbons (Fsp3) is 0.350. The molecule has 0 saturated carbocycles. The van der Waals surface area contributed by atoms with Crippen LogP contribution in [0, 0.1) is 13.8 Å². The van der Waals surface area contributed by atoms with Crippen molar-refractivity contribution in [2.75, 3.05) is 13.1 Å². The Morgan fingerprint density at radius 1 is 1.22 bits per heavy atom. The van der Waals surface area contributed by atoms with Crippen LogP contribution in [0.15, 0.2) is 48.0 Å². The van der Waals surface area contributed by atoms with Crippen molar-refractivity contribution in [1.29, 1.82) is 0 Å². The van der Waals surface area contributed by atoms with E-state index in [0.29, 0.717) is 6.54 Å². The second-order valence-electron chi connectivity index (χ2n) is 6.22. The summed E-state index contributed by atoms with van der Waals surface area (Å²) in [5.74, 6) is 0.822. The van der Waals surface area contributed by atoms with Crippen LogP contribution in [0.2, 0.25) is 0 Å². The second kappa shape index (κ2) is 9.32. The number of nitrogens with one attached hydrogen (secondary N) is 2. The van der Waals surface area contributed by atoms with Crippen LogP contribution in [0.25, 0.3) is 5.69 Å². The van der Waals surface area contributed by atoms with Crippen molar-refractivity contribution in [1.82, 2.24) is 25.2 Å². The Kier molecular flexibility index (Phi) is 6.59. The summed E-state index contributed by atoms with van der Waals surface area (Å²) in [5, 5.41) is 7.89. The van der Waals surface area contributed by atoms with Crippen LogP contribution < -0.4 is 10.6 Å². The first-order chi connectivity index (χ1) is 13.2. The summed E-state index contributed by atoms with van der Waals surface area (Å²) in [6.07, 6.45) is 6.44. The Morgan fingerprint density at radius 3 is 2.78 bits per heavy atom. The quantitative estimate of drug-likeness (QED) is 0.486. The molecule has 0 fully saturated rings. The maximum absolute atomic E-state index is 4.75. The highest BCUT2D eigenvalue weighted by Crippen LogP contribution is 2.17. The Bertz CT molecular complexity index is 862. The van der Waals surface area contributed by atoms with E-state index in [1.165, 1.54) is 9.88 Å². The first-order valence-electron chi connectivity index (χ1n) is 9.18. The van der Waals surface area contributed by atoms with Crippen molar-refractivity contribution in [3.8, 4) is 5.69 Å². The zero-order valence-electron chi connectivity index (χ0n) is 16.1. The zero-order valence-corrected chi connectivity index (χ0v) is 16.9. The fourth-order valence-electron chi connectivity index (χ4n) is 2.74. The van der Waals surface area contributed by atoms with E-state index in [-0.39, 0.29) is 0 Å². The largest absolute Gasteiger partial charge is 0.357 e. The number of hydrogen-bond acceptors (Lipinski definition) is 4. The van der Waals surface area contributed by atoms with Gasteiger partial charge in [0.25, 0.3) is 0 Å². The lowest BCUT2D eigenvalue weighted by molar-refractivity contribution is 0.794. The highest BCUT2D eigenvalue weighted by atomic mass is 32.1. The molecule has 0 radical (unpaired) electrons. The van der Waals surface area contributed by atoms with E-state index in [9.17, 15) is 0 Å². The van der Waals surface area contributed by atoms with Gasteiger partial charge in [-0.1, -0.05) is 18.2 Å². The standard InChI is InChI=1S/C20H26N6S/c1-4-22-20(23-10-9-19-25-15(2)16(3)27-19)24-13-17-7-5-6-8-18(17)26-12-11-21-14-26/h5-8,11-12,14H,4,9-10,13H2,1-3H3,(H2,22,23,24). The number of aliphatic imine (C=N–C) groups is 1. The molecule has 1 aromatic carbocycles. The molecule has 0 aliphatic rings. The SMILES string of the molecule is CCNC(=NCc1ccccc1-n1ccnc1)NCCc1nc(C)c(C)s1. The lowest BCUT2D eigenvalue weighted by Crippen LogP contribution is -2.38. The molecule has 0 atom stereocenters. The van der Waals surface area contributed by atoms with Crippen molar-refractivity contribution < 1.29 is 0 Å². The number of rotatable bonds is 7. The molecule has 3 aromatic rings. The second-order valence-corrected chi connectivity index (χ2v) is 7.51. The molecule has 0 aliphatic carbocycles. The molecule has 0 spiro atoms. The number of hydrogen-bond donors (Lipinski definition) is 2. The van der Waals surface area contributed by atoms with Crippen LogP contribution in [-0.2, 0) is 13.0 Å². The minimum Gasteiger partial charge on any atom is -0.357 e. The van der Waals surface area contributed by atoms with Gasteiger partial charge in [0.1, 0.15) is 0 Å². The minimum atomic E-state index is 0.596. The molecule has 27 heavy (non-hydrogen) atoms. The maximum Gasteiger partial charge on any atom is 0.191 e. The minimum absolute atomic E-state index is 0.596. The van der Waals surface area contributed by atoms with Crippen molar-refractivity contribution in [2.24, 2.45) is 4.99 Å². The normalized spacial score (nSPS) is 11.6. The molecule has 0 saturated heterocycles. The highest BCUT2D eigenvalue weighted by Gasteiger charge is 2.06. The van der Waals surface area contributed by atoms with Crippen LogP contribution in [0.4, 0.5) is 0 Å². The Hall–Kier alpha value is -2.67. The Morgan fingerprint density at radius 2 is 2.07 bits per heavy atom. The number of guanidine groups is 1. The van der Waals surface area contributed by atoms with E-state index in [1.54, 1.807) is 17.5 Å². The number of imidazole rings is 1. The number of para-hydroxylation sites is 1. The Labute approximate surface area is 164 Å². The molecule has 7 heteroatoms. The van der Waals surface area contributed by atoms with Gasteiger partial charge in [-0.15, -0.1) is 11.3 Å². The van der Waals surface area contributed by atoms with Gasteiger partial charge in [0.2, 0.25) is 0 Å². The van der Waals surface area contributed by atoms with Crippen LogP contribution in [0.3, 0.4) is 0 Å². The summed E-state index contributed by atoms with van der Waals surface area (Å²) in [6, 6.07) is 8.26. The first-order valence-corrected chi connectivity index (χ1v) is 10.0. The van der Waals surface area contributed by atoms with E-state index in [0.717, 1.165) is 42.4 Å². The van der Waals surface area contributed by atoms with Crippen LogP contribution in [-0.4, -0.2) is 33.6 Å². The Balaban J connectivity index is 1.64. The third-order valence-corrected chi connectivity index (χ3v) is 5.36. The third kappa shape index (κ3) is 5.17. The zero-order chi connectivity index (χ0) is 19.1. The highest BCUT2D eigenvalue weighted by molar-refractivity contribution is 7.11. The fourth-order valence-corrected chi connectivity index (χ4v) is 3.67. The van der Waals surface area contributed by atoms with Crippen molar-refractivity contribution >= 4 is 17.3 Å². The lowest BCUT2D eigenvalue weighted by Gasteiger charge is -2.12. The van der Waals surface area contributed by atoms with E-state index >= 15 is 0 Å². The van der Waals surface area contributed by atoms with E-state index in [4.69, 9.17) is 4.99 Å². The molecule has 2 aromatic heterocycles. The van der Waals surface area contributed by atoms with Gasteiger partial charge >= 0.3 is 0 Å². The van der Waals surface area contributed by atoms with Crippen LogP contribution in [0.5, 0.6) is 0 Å². The molecule has 0 amide bonds. The molecule has 2 heterocycles. The van der Waals surface area contributed by atoms with Crippen molar-refractivity contribution in [3.05, 3.63) is 64.1 Å². The topological polar surface area (TPSA) is 67.1 Å². The molecule has 0 unspecified atom stereocenters. The molecule has 0 bridgehead atoms. The smallest absolute Gasteiger partial charge is 0.191 e. The summed E-state index contributed by atoms with van der Waals surface area (Å²) in [6.45, 7) is 8.48. The van der Waals surface area contributed by atoms with Crippen molar-refractivity contribution in [3.63, 3.8) is 0 Å². The van der Waals surface area contributed by atoms with E-state index < -0.39 is 0 Å². The number of thiazole rings is 1. The molecule has 0 aliphatic heterocycles. The van der Waals surface area contributed by atoms with Gasteiger partial charge in [0, 0.05) is 36.8 Å². The van der Waals surface area contributed by atoms with E-state index in [2.05, 4.69) is 53.5 Å². The average Bonchev–Trinajstić information content (AvgIpc) is 3.30. The first kappa shape index (κ1) is 19.1. The molecular formula is C20H26N6S. The summed E-state index contributed by atoms with van der Waals surface area (Å²) in [5.41, 5.74) is 3.38. The molecule has 3 rings (SSSR count). The predicted molar refractivity (Wildman–Crippen MR) is 112 cm³/mol. The monoisotopic (exact) mass is 382 g/mol. The van der Waals surface area contributed by atoms with Gasteiger partial charge in [-0.05, 0) is 32.4 Å². The molecular weight excluding hydrogens is 356 g/mol. The predicted octanol–water partition coefficient (Wildman–Crippen LogP) is 3.24. The van der Waals surface area contributed by atoms with Gasteiger partial charge in [0.05, 0.1) is 29.3 Å². The molecule has 6 nitrogen and oxygen atoms in total. The number of nitrogens with zero attached hydrogens (tertiary/aromatic N) is 4. The van der Waals surface area contributed by atoms with E-state index in [1.807, 2.05) is 29.2 Å². The number of aromatic nitrogens is 3. The average molecular weight is 383 g/mol. The lowest BCUT2D eigenvalue weighted by atomic mass is 10.2. The van der Waals surface area contributed by atoms with Crippen molar-refractivity contribution in [2.45, 2.75) is 33.7 Å². The third-order valence-electron chi connectivity index (χ3n) is 4.23. The number of benzene rings is 1. The number of aryl methyl sites for hydroxylation is 2. The van der Waals surface area contributed by atoms with Crippen LogP contribution >= 0.6 is 11.3 Å². The maximum atomic E-state index is 4.75. The molecule has 142 valence electrons. The van der Waals surface area contributed by atoms with Crippen LogP contribution in [0.1, 0.15) is 28.1 Å². The van der Waals surface area contributed by atoms with Gasteiger partial charge in [-0.2, -0.15) is 0 Å². The summed E-state index contributed by atoms with van der Waals surface area (Å²) < 4.78 is 2.01. The summed E-state index contributed by atoms with van der Waals surface area (Å²) >= 11 is 1.77. The van der Waals surface area contributed by atoms with Gasteiger partial charge < -0.3 is 15.2 Å². The summed E-state index contributed by atoms with van der Waals surface area (Å²) in [4.78, 5) is 14.8. The van der Waals surface area contributed by atoms with Gasteiger partial charge in [-0.25, -0.2) is 15.0 Å². The van der Waals surface area contributed by atoms with Gasteiger partial charge in [0.15, 0.2) is 5.96 Å². The van der Waals surface area contributed by atoms with Gasteiger partial charge in [-0.3, -0.25) is 0 Å².